The van der Waals surface area contributed by atoms with Crippen LogP contribution in [0.5, 0.6) is 0 Å². The second kappa shape index (κ2) is 2.30. The average molecular weight is 167 g/mol. The van der Waals surface area contributed by atoms with Gasteiger partial charge in [0.25, 0.3) is 5.89 Å². The zero-order chi connectivity index (χ0) is 8.60. The lowest BCUT2D eigenvalue weighted by atomic mass is 10.0. The van der Waals surface area contributed by atoms with Gasteiger partial charge in [0.2, 0.25) is 12.0 Å². The van der Waals surface area contributed by atoms with Crippen LogP contribution in [0.15, 0.2) is 16.0 Å². The Bertz CT molecular complexity index is 306. The number of hydrogen-bond donors (Lipinski definition) is 0. The summed E-state index contributed by atoms with van der Waals surface area (Å²) in [5, 5.41) is 11.2. The molecular weight excluding hydrogens is 158 g/mol. The molecule has 1 atom stereocenters. The van der Waals surface area contributed by atoms with E-state index in [2.05, 4.69) is 15.4 Å². The van der Waals surface area contributed by atoms with Gasteiger partial charge in [-0.2, -0.15) is 0 Å². The number of oxime groups is 1. The van der Waals surface area contributed by atoms with Gasteiger partial charge < -0.3 is 9.25 Å². The molecule has 1 aromatic rings. The fourth-order valence-electron chi connectivity index (χ4n) is 1.25. The molecule has 0 saturated carbocycles. The van der Waals surface area contributed by atoms with E-state index in [1.807, 2.05) is 13.8 Å². The lowest BCUT2D eigenvalue weighted by Gasteiger charge is -2.15. The minimum absolute atomic E-state index is 0.475. The SMILES string of the molecule is CC1=NOC(C)(c2nnco2)C1. The van der Waals surface area contributed by atoms with E-state index in [4.69, 9.17) is 9.25 Å². The van der Waals surface area contributed by atoms with Crippen molar-refractivity contribution in [2.24, 2.45) is 5.16 Å². The van der Waals surface area contributed by atoms with Gasteiger partial charge in [-0.3, -0.25) is 0 Å². The Morgan fingerprint density at radius 3 is 2.92 bits per heavy atom. The highest BCUT2D eigenvalue weighted by Crippen LogP contribution is 2.32. The normalized spacial score (nSPS) is 28.3. The predicted molar refractivity (Wildman–Crippen MR) is 40.5 cm³/mol. The van der Waals surface area contributed by atoms with E-state index in [0.717, 1.165) is 5.71 Å². The van der Waals surface area contributed by atoms with E-state index >= 15 is 0 Å². The maximum Gasteiger partial charge on any atom is 0.262 e. The second-order valence-electron chi connectivity index (χ2n) is 3.07. The Morgan fingerprint density at radius 2 is 2.42 bits per heavy atom. The molecule has 1 aliphatic rings. The van der Waals surface area contributed by atoms with Crippen molar-refractivity contribution in [1.29, 1.82) is 0 Å². The Balaban J connectivity index is 2.26. The molecule has 0 bridgehead atoms. The number of aromatic nitrogens is 2. The highest BCUT2D eigenvalue weighted by atomic mass is 16.7. The number of hydrogen-bond acceptors (Lipinski definition) is 5. The van der Waals surface area contributed by atoms with Gasteiger partial charge in [-0.1, -0.05) is 5.16 Å². The van der Waals surface area contributed by atoms with Crippen LogP contribution in [-0.4, -0.2) is 15.9 Å². The first-order valence-electron chi connectivity index (χ1n) is 3.69. The maximum absolute atomic E-state index is 5.19. The van der Waals surface area contributed by atoms with Crippen LogP contribution in [0, 0.1) is 0 Å². The summed E-state index contributed by atoms with van der Waals surface area (Å²) in [5.74, 6) is 0.475. The summed E-state index contributed by atoms with van der Waals surface area (Å²) >= 11 is 0. The minimum Gasteiger partial charge on any atom is -0.424 e. The lowest BCUT2D eigenvalue weighted by molar-refractivity contribution is -0.0279. The Kier molecular flexibility index (Phi) is 1.39. The van der Waals surface area contributed by atoms with Gasteiger partial charge >= 0.3 is 0 Å². The van der Waals surface area contributed by atoms with Crippen molar-refractivity contribution in [1.82, 2.24) is 10.2 Å². The first-order valence-corrected chi connectivity index (χ1v) is 3.69. The molecule has 64 valence electrons. The molecule has 0 aliphatic carbocycles. The van der Waals surface area contributed by atoms with Gasteiger partial charge in [-0.25, -0.2) is 0 Å². The molecule has 2 rings (SSSR count). The Labute approximate surface area is 69.4 Å². The smallest absolute Gasteiger partial charge is 0.262 e. The molecule has 5 heteroatoms. The monoisotopic (exact) mass is 167 g/mol. The quantitative estimate of drug-likeness (QED) is 0.627. The van der Waals surface area contributed by atoms with Crippen molar-refractivity contribution in [2.75, 3.05) is 0 Å². The average Bonchev–Trinajstić information content (AvgIpc) is 2.59. The molecule has 1 aromatic heterocycles. The molecule has 0 spiro atoms. The van der Waals surface area contributed by atoms with Crippen LogP contribution >= 0.6 is 0 Å². The van der Waals surface area contributed by atoms with Crippen molar-refractivity contribution in [3.05, 3.63) is 12.3 Å². The molecule has 1 unspecified atom stereocenters. The zero-order valence-electron chi connectivity index (χ0n) is 6.94. The molecule has 0 fully saturated rings. The van der Waals surface area contributed by atoms with Gasteiger partial charge in [0.15, 0.2) is 0 Å². The van der Waals surface area contributed by atoms with E-state index in [-0.39, 0.29) is 0 Å². The van der Waals surface area contributed by atoms with E-state index in [9.17, 15) is 0 Å². The lowest BCUT2D eigenvalue weighted by Crippen LogP contribution is -2.21. The molecule has 0 saturated heterocycles. The third-order valence-electron chi connectivity index (χ3n) is 1.81. The van der Waals surface area contributed by atoms with E-state index in [0.29, 0.717) is 12.3 Å². The highest BCUT2D eigenvalue weighted by Gasteiger charge is 2.39. The summed E-state index contributed by atoms with van der Waals surface area (Å²) in [6, 6.07) is 0. The van der Waals surface area contributed by atoms with Crippen LogP contribution < -0.4 is 0 Å². The maximum atomic E-state index is 5.19. The largest absolute Gasteiger partial charge is 0.424 e. The first-order chi connectivity index (χ1) is 5.71. The summed E-state index contributed by atoms with van der Waals surface area (Å²) in [7, 11) is 0. The molecule has 0 N–H and O–H groups in total. The van der Waals surface area contributed by atoms with Crippen molar-refractivity contribution < 1.29 is 9.25 Å². The topological polar surface area (TPSA) is 60.5 Å². The summed E-state index contributed by atoms with van der Waals surface area (Å²) in [6.45, 7) is 3.78. The van der Waals surface area contributed by atoms with E-state index in [1.165, 1.54) is 6.39 Å². The van der Waals surface area contributed by atoms with Gasteiger partial charge in [0, 0.05) is 6.42 Å². The minimum atomic E-state index is -0.555. The molecule has 1 aliphatic heterocycles. The van der Waals surface area contributed by atoms with Crippen molar-refractivity contribution in [2.45, 2.75) is 25.9 Å². The van der Waals surface area contributed by atoms with E-state index in [1.54, 1.807) is 0 Å². The zero-order valence-corrected chi connectivity index (χ0v) is 6.94. The predicted octanol–water partition coefficient (Wildman–Crippen LogP) is 1.08. The Morgan fingerprint density at radius 1 is 1.58 bits per heavy atom. The number of rotatable bonds is 1. The number of nitrogens with zero attached hydrogens (tertiary/aromatic N) is 3. The molecule has 0 radical (unpaired) electrons. The van der Waals surface area contributed by atoms with Crippen LogP contribution in [0.4, 0.5) is 0 Å². The molecule has 5 nitrogen and oxygen atoms in total. The van der Waals surface area contributed by atoms with Crippen LogP contribution in [0.3, 0.4) is 0 Å². The third-order valence-corrected chi connectivity index (χ3v) is 1.81. The molecule has 0 amide bonds. The van der Waals surface area contributed by atoms with Crippen molar-refractivity contribution in [3.63, 3.8) is 0 Å². The third kappa shape index (κ3) is 0.975. The van der Waals surface area contributed by atoms with Crippen LogP contribution in [0.2, 0.25) is 0 Å². The molecular formula is C7H9N3O2. The van der Waals surface area contributed by atoms with Gasteiger partial charge in [-0.15, -0.1) is 10.2 Å². The van der Waals surface area contributed by atoms with Crippen molar-refractivity contribution >= 4 is 5.71 Å². The molecule has 2 heterocycles. The van der Waals surface area contributed by atoms with Crippen LogP contribution in [-0.2, 0) is 10.4 Å². The van der Waals surface area contributed by atoms with E-state index < -0.39 is 5.60 Å². The fourth-order valence-corrected chi connectivity index (χ4v) is 1.25. The summed E-state index contributed by atoms with van der Waals surface area (Å²) in [4.78, 5) is 5.19. The standard InChI is InChI=1S/C7H9N3O2/c1-5-3-7(2,12-10-5)6-9-8-4-11-6/h4H,3H2,1-2H3. The molecule has 12 heavy (non-hydrogen) atoms. The first kappa shape index (κ1) is 7.27. The van der Waals surface area contributed by atoms with Gasteiger partial charge in [-0.05, 0) is 13.8 Å². The second-order valence-corrected chi connectivity index (χ2v) is 3.07. The highest BCUT2D eigenvalue weighted by molar-refractivity contribution is 5.83. The molecule has 0 aromatic carbocycles. The van der Waals surface area contributed by atoms with Crippen LogP contribution in [0.1, 0.15) is 26.2 Å². The van der Waals surface area contributed by atoms with Gasteiger partial charge in [0.1, 0.15) is 0 Å². The van der Waals surface area contributed by atoms with Gasteiger partial charge in [0.05, 0.1) is 5.71 Å². The Hall–Kier alpha value is -1.39. The summed E-state index contributed by atoms with van der Waals surface area (Å²) in [6.07, 6.45) is 1.99. The fraction of sp³-hybridized carbons (Fsp3) is 0.571. The summed E-state index contributed by atoms with van der Waals surface area (Å²) < 4.78 is 5.05. The van der Waals surface area contributed by atoms with Crippen molar-refractivity contribution in [3.8, 4) is 0 Å². The summed E-state index contributed by atoms with van der Waals surface area (Å²) in [5.41, 5.74) is 0.385. The van der Waals surface area contributed by atoms with Crippen LogP contribution in [0.25, 0.3) is 0 Å².